The molecule has 2 aliphatic rings. The van der Waals surface area contributed by atoms with E-state index in [-0.39, 0.29) is 11.3 Å². The zero-order valence-electron chi connectivity index (χ0n) is 13.8. The molecule has 0 bridgehead atoms. The fourth-order valence-corrected chi connectivity index (χ4v) is 3.76. The Labute approximate surface area is 141 Å². The van der Waals surface area contributed by atoms with Crippen LogP contribution in [0, 0.1) is 0 Å². The zero-order chi connectivity index (χ0) is 16.8. The number of nitrogens with one attached hydrogen (secondary N) is 1. The van der Waals surface area contributed by atoms with Crippen LogP contribution in [-0.4, -0.2) is 54.9 Å². The van der Waals surface area contributed by atoms with E-state index in [1.54, 1.807) is 6.07 Å². The minimum absolute atomic E-state index is 0.0797. The van der Waals surface area contributed by atoms with Crippen LogP contribution in [0.15, 0.2) is 18.3 Å². The minimum Gasteiger partial charge on any atom is -0.433 e. The fraction of sp³-hybridized carbons (Fsp3) is 0.706. The molecule has 2 heterocycles. The molecule has 7 heteroatoms. The number of halogens is 2. The van der Waals surface area contributed by atoms with E-state index in [9.17, 15) is 8.78 Å². The van der Waals surface area contributed by atoms with Gasteiger partial charge in [-0.05, 0) is 25.0 Å². The van der Waals surface area contributed by atoms with Gasteiger partial charge >= 0.3 is 6.61 Å². The van der Waals surface area contributed by atoms with Crippen LogP contribution in [-0.2, 0) is 4.74 Å². The summed E-state index contributed by atoms with van der Waals surface area (Å²) in [5.41, 5.74) is 0.141. The van der Waals surface area contributed by atoms with Crippen molar-refractivity contribution in [3.8, 4) is 5.75 Å². The Kier molecular flexibility index (Phi) is 5.84. The first-order valence-corrected chi connectivity index (χ1v) is 8.66. The Morgan fingerprint density at radius 2 is 1.96 bits per heavy atom. The van der Waals surface area contributed by atoms with Crippen LogP contribution in [0.25, 0.3) is 0 Å². The summed E-state index contributed by atoms with van der Waals surface area (Å²) in [4.78, 5) is 6.73. The largest absolute Gasteiger partial charge is 0.433 e. The number of rotatable bonds is 6. The SMILES string of the molecule is FC(F)Oc1ccc(NCC2(N3CCOCC3)CCCCC2)nc1. The molecule has 0 radical (unpaired) electrons. The number of aromatic nitrogens is 1. The van der Waals surface area contributed by atoms with Crippen LogP contribution in [0.1, 0.15) is 32.1 Å². The molecule has 2 fully saturated rings. The predicted molar refractivity (Wildman–Crippen MR) is 87.6 cm³/mol. The van der Waals surface area contributed by atoms with E-state index < -0.39 is 6.61 Å². The van der Waals surface area contributed by atoms with Gasteiger partial charge in [0.1, 0.15) is 11.6 Å². The van der Waals surface area contributed by atoms with Gasteiger partial charge < -0.3 is 14.8 Å². The molecule has 1 aromatic rings. The molecule has 0 spiro atoms. The van der Waals surface area contributed by atoms with Crippen molar-refractivity contribution < 1.29 is 18.3 Å². The molecule has 1 aromatic heterocycles. The maximum Gasteiger partial charge on any atom is 0.387 e. The van der Waals surface area contributed by atoms with Crippen LogP contribution >= 0.6 is 0 Å². The number of ether oxygens (including phenoxy) is 2. The number of hydrogen-bond acceptors (Lipinski definition) is 5. The summed E-state index contributed by atoms with van der Waals surface area (Å²) in [6, 6.07) is 3.21. The topological polar surface area (TPSA) is 46.6 Å². The van der Waals surface area contributed by atoms with Crippen molar-refractivity contribution in [3.63, 3.8) is 0 Å². The van der Waals surface area contributed by atoms with Crippen LogP contribution in [0.3, 0.4) is 0 Å². The van der Waals surface area contributed by atoms with Gasteiger partial charge in [0.15, 0.2) is 0 Å². The number of hydrogen-bond donors (Lipinski definition) is 1. The van der Waals surface area contributed by atoms with Crippen molar-refractivity contribution in [3.05, 3.63) is 18.3 Å². The van der Waals surface area contributed by atoms with E-state index in [0.717, 1.165) is 32.8 Å². The number of morpholine rings is 1. The highest BCUT2D eigenvalue weighted by molar-refractivity contribution is 5.38. The lowest BCUT2D eigenvalue weighted by molar-refractivity contribution is -0.0500. The average molecular weight is 341 g/mol. The molecule has 0 aromatic carbocycles. The highest BCUT2D eigenvalue weighted by Gasteiger charge is 2.38. The monoisotopic (exact) mass is 341 g/mol. The third-order valence-electron chi connectivity index (χ3n) is 5.03. The number of nitrogens with zero attached hydrogens (tertiary/aromatic N) is 2. The Morgan fingerprint density at radius 1 is 1.21 bits per heavy atom. The summed E-state index contributed by atoms with van der Waals surface area (Å²) in [6.45, 7) is 1.51. The Bertz CT molecular complexity index is 501. The van der Waals surface area contributed by atoms with Crippen LogP contribution in [0.5, 0.6) is 5.75 Å². The first-order chi connectivity index (χ1) is 11.7. The molecule has 134 valence electrons. The number of anilines is 1. The second kappa shape index (κ2) is 8.07. The quantitative estimate of drug-likeness (QED) is 0.861. The minimum atomic E-state index is -2.82. The van der Waals surface area contributed by atoms with Crippen molar-refractivity contribution in [1.29, 1.82) is 0 Å². The lowest BCUT2D eigenvalue weighted by atomic mass is 9.79. The van der Waals surface area contributed by atoms with Crippen LogP contribution in [0.2, 0.25) is 0 Å². The molecule has 1 saturated heterocycles. The lowest BCUT2D eigenvalue weighted by Gasteiger charge is -2.48. The van der Waals surface area contributed by atoms with Crippen molar-refractivity contribution in [1.82, 2.24) is 9.88 Å². The van der Waals surface area contributed by atoms with Gasteiger partial charge in [0.2, 0.25) is 0 Å². The van der Waals surface area contributed by atoms with E-state index in [0.29, 0.717) is 5.82 Å². The Hall–Kier alpha value is -1.47. The van der Waals surface area contributed by atoms with Gasteiger partial charge in [-0.3, -0.25) is 4.90 Å². The molecule has 3 rings (SSSR count). The molecular weight excluding hydrogens is 316 g/mol. The third-order valence-corrected chi connectivity index (χ3v) is 5.03. The summed E-state index contributed by atoms with van der Waals surface area (Å²) < 4.78 is 34.2. The summed E-state index contributed by atoms with van der Waals surface area (Å²) in [5, 5.41) is 3.40. The first kappa shape index (κ1) is 17.4. The van der Waals surface area contributed by atoms with E-state index in [4.69, 9.17) is 4.74 Å². The Morgan fingerprint density at radius 3 is 2.58 bits per heavy atom. The molecular formula is C17H25F2N3O2. The third kappa shape index (κ3) is 4.33. The highest BCUT2D eigenvalue weighted by Crippen LogP contribution is 2.34. The molecule has 5 nitrogen and oxygen atoms in total. The van der Waals surface area contributed by atoms with Gasteiger partial charge in [0, 0.05) is 25.2 Å². The Balaban J connectivity index is 1.62. The molecule has 1 aliphatic carbocycles. The summed E-state index contributed by atoms with van der Waals surface area (Å²) in [5.74, 6) is 0.769. The zero-order valence-corrected chi connectivity index (χ0v) is 13.8. The summed E-state index contributed by atoms with van der Waals surface area (Å²) >= 11 is 0. The van der Waals surface area contributed by atoms with E-state index in [1.807, 2.05) is 0 Å². The highest BCUT2D eigenvalue weighted by atomic mass is 19.3. The van der Waals surface area contributed by atoms with Crippen molar-refractivity contribution in [2.75, 3.05) is 38.2 Å². The molecule has 1 saturated carbocycles. The van der Waals surface area contributed by atoms with Gasteiger partial charge in [-0.25, -0.2) is 4.98 Å². The maximum atomic E-state index is 12.2. The summed E-state index contributed by atoms with van der Waals surface area (Å²) in [6.07, 6.45) is 7.46. The molecule has 0 amide bonds. The van der Waals surface area contributed by atoms with E-state index >= 15 is 0 Å². The van der Waals surface area contributed by atoms with E-state index in [1.165, 1.54) is 44.4 Å². The van der Waals surface area contributed by atoms with Gasteiger partial charge in [-0.1, -0.05) is 19.3 Å². The van der Waals surface area contributed by atoms with Gasteiger partial charge in [0.25, 0.3) is 0 Å². The molecule has 1 aliphatic heterocycles. The second-order valence-electron chi connectivity index (χ2n) is 6.50. The van der Waals surface area contributed by atoms with Crippen LogP contribution in [0.4, 0.5) is 14.6 Å². The fourth-order valence-electron chi connectivity index (χ4n) is 3.76. The molecule has 0 unspecified atom stereocenters. The normalized spacial score (nSPS) is 21.6. The maximum absolute atomic E-state index is 12.2. The number of alkyl halides is 2. The van der Waals surface area contributed by atoms with Crippen molar-refractivity contribution in [2.45, 2.75) is 44.3 Å². The van der Waals surface area contributed by atoms with Gasteiger partial charge in [-0.15, -0.1) is 0 Å². The first-order valence-electron chi connectivity index (χ1n) is 8.66. The van der Waals surface area contributed by atoms with E-state index in [2.05, 4.69) is 19.9 Å². The summed E-state index contributed by atoms with van der Waals surface area (Å²) in [7, 11) is 0. The molecule has 1 N–H and O–H groups in total. The van der Waals surface area contributed by atoms with Crippen molar-refractivity contribution in [2.24, 2.45) is 0 Å². The number of pyridine rings is 1. The van der Waals surface area contributed by atoms with Gasteiger partial charge in [-0.2, -0.15) is 8.78 Å². The smallest absolute Gasteiger partial charge is 0.387 e. The molecule has 0 atom stereocenters. The standard InChI is InChI=1S/C17H25F2N3O2/c18-16(19)24-14-4-5-15(20-12-14)21-13-17(6-2-1-3-7-17)22-8-10-23-11-9-22/h4-5,12,16H,1-3,6-11,13H2,(H,20,21). The lowest BCUT2D eigenvalue weighted by Crippen LogP contribution is -2.58. The average Bonchev–Trinajstić information content (AvgIpc) is 2.62. The predicted octanol–water partition coefficient (Wildman–Crippen LogP) is 3.13. The second-order valence-corrected chi connectivity index (χ2v) is 6.50. The van der Waals surface area contributed by atoms with Crippen molar-refractivity contribution >= 4 is 5.82 Å². The van der Waals surface area contributed by atoms with Crippen LogP contribution < -0.4 is 10.1 Å². The van der Waals surface area contributed by atoms with Gasteiger partial charge in [0.05, 0.1) is 19.4 Å². The molecule has 24 heavy (non-hydrogen) atoms.